The third-order valence-electron chi connectivity index (χ3n) is 4.95. The zero-order valence-corrected chi connectivity index (χ0v) is 15.3. The van der Waals surface area contributed by atoms with Crippen LogP contribution in [-0.4, -0.2) is 37.2 Å². The number of allylic oxidation sites excluding steroid dienone is 1. The largest absolute Gasteiger partial charge is 0.464 e. The first kappa shape index (κ1) is 17.4. The number of rotatable bonds is 2. The van der Waals surface area contributed by atoms with Crippen molar-refractivity contribution < 1.29 is 9.53 Å². The maximum absolute atomic E-state index is 12.4. The molecule has 3 unspecified atom stereocenters. The van der Waals surface area contributed by atoms with Crippen LogP contribution < -0.4 is 4.90 Å². The van der Waals surface area contributed by atoms with E-state index in [4.69, 9.17) is 9.73 Å². The Labute approximate surface area is 149 Å². The summed E-state index contributed by atoms with van der Waals surface area (Å²) in [5, 5.41) is 0. The van der Waals surface area contributed by atoms with E-state index in [0.29, 0.717) is 6.61 Å². The second kappa shape index (κ2) is 7.21. The molecule has 0 bridgehead atoms. The van der Waals surface area contributed by atoms with E-state index in [-0.39, 0.29) is 18.1 Å². The SMILES string of the molecule is CCOC(=O)C1N=CN2c3ccccc3C(C)/N=C\C(C)=C(/C)CC12. The molecule has 0 N–H and O–H groups in total. The fourth-order valence-electron chi connectivity index (χ4n) is 3.34. The van der Waals surface area contributed by atoms with Crippen molar-refractivity contribution >= 4 is 24.2 Å². The van der Waals surface area contributed by atoms with Crippen LogP contribution in [0.3, 0.4) is 0 Å². The van der Waals surface area contributed by atoms with Crippen molar-refractivity contribution in [3.8, 4) is 0 Å². The van der Waals surface area contributed by atoms with E-state index in [0.717, 1.165) is 23.2 Å². The van der Waals surface area contributed by atoms with Crippen molar-refractivity contribution in [2.75, 3.05) is 11.5 Å². The lowest BCUT2D eigenvalue weighted by molar-refractivity contribution is -0.144. The molecule has 0 aromatic heterocycles. The van der Waals surface area contributed by atoms with Gasteiger partial charge in [0.25, 0.3) is 0 Å². The molecule has 2 aliphatic rings. The Bertz CT molecular complexity index is 751. The molecule has 2 heterocycles. The highest BCUT2D eigenvalue weighted by atomic mass is 16.5. The number of ether oxygens (including phenoxy) is 1. The van der Waals surface area contributed by atoms with E-state index in [1.807, 2.05) is 25.3 Å². The number of carbonyl (C=O) groups is 1. The lowest BCUT2D eigenvalue weighted by Gasteiger charge is -2.31. The number of carbonyl (C=O) groups excluding carboxylic acids is 1. The lowest BCUT2D eigenvalue weighted by atomic mass is 9.95. The number of para-hydroxylation sites is 1. The Morgan fingerprint density at radius 1 is 1.28 bits per heavy atom. The number of fused-ring (bicyclic) bond motifs is 3. The molecule has 3 rings (SSSR count). The maximum Gasteiger partial charge on any atom is 0.333 e. The summed E-state index contributed by atoms with van der Waals surface area (Å²) < 4.78 is 5.25. The predicted molar refractivity (Wildman–Crippen MR) is 102 cm³/mol. The molecule has 2 aliphatic heterocycles. The van der Waals surface area contributed by atoms with E-state index in [9.17, 15) is 4.79 Å². The van der Waals surface area contributed by atoms with Gasteiger partial charge in [-0.05, 0) is 51.3 Å². The van der Waals surface area contributed by atoms with E-state index in [2.05, 4.69) is 42.8 Å². The van der Waals surface area contributed by atoms with Gasteiger partial charge in [0, 0.05) is 11.9 Å². The van der Waals surface area contributed by atoms with Gasteiger partial charge in [-0.25, -0.2) is 4.79 Å². The lowest BCUT2D eigenvalue weighted by Crippen LogP contribution is -2.42. The molecular weight excluding hydrogens is 314 g/mol. The van der Waals surface area contributed by atoms with Crippen LogP contribution in [-0.2, 0) is 9.53 Å². The molecule has 0 radical (unpaired) electrons. The minimum Gasteiger partial charge on any atom is -0.464 e. The third kappa shape index (κ3) is 3.36. The Hall–Kier alpha value is -2.43. The van der Waals surface area contributed by atoms with Gasteiger partial charge in [0.15, 0.2) is 6.04 Å². The zero-order chi connectivity index (χ0) is 18.0. The second-order valence-electron chi connectivity index (χ2n) is 6.62. The van der Waals surface area contributed by atoms with Gasteiger partial charge in [0.05, 0.1) is 25.0 Å². The number of nitrogens with zero attached hydrogens (tertiary/aromatic N) is 3. The van der Waals surface area contributed by atoms with Crippen LogP contribution >= 0.6 is 0 Å². The van der Waals surface area contributed by atoms with E-state index >= 15 is 0 Å². The summed E-state index contributed by atoms with van der Waals surface area (Å²) in [6.07, 6.45) is 4.47. The summed E-state index contributed by atoms with van der Waals surface area (Å²) in [6.45, 7) is 8.44. The number of aliphatic imine (C=N–C) groups is 2. The van der Waals surface area contributed by atoms with Gasteiger partial charge in [-0.3, -0.25) is 9.98 Å². The molecule has 132 valence electrons. The van der Waals surface area contributed by atoms with Gasteiger partial charge in [-0.2, -0.15) is 0 Å². The minimum absolute atomic E-state index is 0.0349. The molecule has 5 nitrogen and oxygen atoms in total. The van der Waals surface area contributed by atoms with Gasteiger partial charge >= 0.3 is 5.97 Å². The summed E-state index contributed by atoms with van der Waals surface area (Å²) >= 11 is 0. The van der Waals surface area contributed by atoms with E-state index in [1.54, 1.807) is 6.34 Å². The van der Waals surface area contributed by atoms with Crippen LogP contribution in [0.15, 0.2) is 45.4 Å². The van der Waals surface area contributed by atoms with Crippen LogP contribution in [0.5, 0.6) is 0 Å². The van der Waals surface area contributed by atoms with Crippen molar-refractivity contribution in [1.29, 1.82) is 0 Å². The Morgan fingerprint density at radius 2 is 2.04 bits per heavy atom. The summed E-state index contributed by atoms with van der Waals surface area (Å²) in [7, 11) is 0. The van der Waals surface area contributed by atoms with Crippen molar-refractivity contribution in [3.63, 3.8) is 0 Å². The smallest absolute Gasteiger partial charge is 0.333 e. The molecule has 3 atom stereocenters. The maximum atomic E-state index is 12.4. The first-order valence-corrected chi connectivity index (χ1v) is 8.79. The number of hydrogen-bond donors (Lipinski definition) is 0. The highest BCUT2D eigenvalue weighted by Gasteiger charge is 2.38. The molecule has 1 aromatic rings. The standard InChI is InChI=1S/C20H25N3O2/c1-5-25-20(24)19-18-10-13(2)14(3)11-21-15(4)16-8-6-7-9-17(16)23(18)12-22-19/h6-9,11-12,15,18-19H,5,10H2,1-4H3/b14-13+,21-11-. The molecule has 0 amide bonds. The average Bonchev–Trinajstić information content (AvgIpc) is 3.02. The summed E-state index contributed by atoms with van der Waals surface area (Å²) in [4.78, 5) is 23.7. The monoisotopic (exact) mass is 339 g/mol. The Kier molecular flexibility index (Phi) is 5.02. The van der Waals surface area contributed by atoms with Crippen molar-refractivity contribution in [3.05, 3.63) is 41.0 Å². The minimum atomic E-state index is -0.498. The molecular formula is C20H25N3O2. The Balaban J connectivity index is 2.08. The summed E-state index contributed by atoms with van der Waals surface area (Å²) in [6, 6.07) is 7.66. The second-order valence-corrected chi connectivity index (χ2v) is 6.62. The highest BCUT2D eigenvalue weighted by Crippen LogP contribution is 2.35. The number of hydrogen-bond acceptors (Lipinski definition) is 5. The first-order valence-electron chi connectivity index (χ1n) is 8.79. The van der Waals surface area contributed by atoms with Gasteiger partial charge in [0.2, 0.25) is 0 Å². The molecule has 0 aliphatic carbocycles. The molecule has 25 heavy (non-hydrogen) atoms. The molecule has 0 saturated carbocycles. The average molecular weight is 339 g/mol. The van der Waals surface area contributed by atoms with Gasteiger partial charge in [0.1, 0.15) is 0 Å². The topological polar surface area (TPSA) is 54.3 Å². The predicted octanol–water partition coefficient (Wildman–Crippen LogP) is 3.71. The van der Waals surface area contributed by atoms with Gasteiger partial charge < -0.3 is 9.64 Å². The van der Waals surface area contributed by atoms with Gasteiger partial charge in [-0.1, -0.05) is 23.8 Å². The number of anilines is 1. The van der Waals surface area contributed by atoms with E-state index in [1.165, 1.54) is 5.57 Å². The summed E-state index contributed by atoms with van der Waals surface area (Å²) in [5.74, 6) is -0.257. The molecule has 5 heteroatoms. The van der Waals surface area contributed by atoms with Crippen LogP contribution in [0.2, 0.25) is 0 Å². The number of benzene rings is 1. The van der Waals surface area contributed by atoms with Crippen LogP contribution in [0.1, 0.15) is 45.7 Å². The molecule has 0 saturated heterocycles. The van der Waals surface area contributed by atoms with Crippen molar-refractivity contribution in [2.24, 2.45) is 9.98 Å². The summed E-state index contributed by atoms with van der Waals surface area (Å²) in [5.41, 5.74) is 4.54. The van der Waals surface area contributed by atoms with Crippen LogP contribution in [0.4, 0.5) is 5.69 Å². The van der Waals surface area contributed by atoms with Crippen LogP contribution in [0.25, 0.3) is 0 Å². The van der Waals surface area contributed by atoms with E-state index < -0.39 is 6.04 Å². The Morgan fingerprint density at radius 3 is 2.80 bits per heavy atom. The van der Waals surface area contributed by atoms with Gasteiger partial charge in [-0.15, -0.1) is 0 Å². The fourth-order valence-corrected chi connectivity index (χ4v) is 3.34. The van der Waals surface area contributed by atoms with Crippen molar-refractivity contribution in [2.45, 2.75) is 52.2 Å². The quantitative estimate of drug-likeness (QED) is 0.772. The normalized spacial score (nSPS) is 29.8. The fraction of sp³-hybridized carbons (Fsp3) is 0.450. The molecule has 0 spiro atoms. The number of esters is 1. The van der Waals surface area contributed by atoms with Crippen molar-refractivity contribution in [1.82, 2.24) is 0 Å². The first-order chi connectivity index (χ1) is 12.0. The third-order valence-corrected chi connectivity index (χ3v) is 4.95. The molecule has 0 fully saturated rings. The zero-order valence-electron chi connectivity index (χ0n) is 15.3. The highest BCUT2D eigenvalue weighted by molar-refractivity contribution is 5.91. The molecule has 1 aromatic carbocycles. The van der Waals surface area contributed by atoms with Crippen LogP contribution in [0, 0.1) is 0 Å².